The van der Waals surface area contributed by atoms with E-state index in [2.05, 4.69) is 19.9 Å². The maximum Gasteiger partial charge on any atom is 0.335 e. The second-order valence-corrected chi connectivity index (χ2v) is 15.9. The lowest BCUT2D eigenvalue weighted by atomic mass is 9.45. The fourth-order valence-corrected chi connectivity index (χ4v) is 10.7. The summed E-state index contributed by atoms with van der Waals surface area (Å²) in [4.78, 5) is 11.6. The standard InChI is InChI=1S/C36H52O13/c1-17-26(39)28(41)29(42)32(46-17)49-31-27(40)24(15-37)48-33(30(31)43)47-20-8-11-34(2)19(14-20)5-6-23-22(34)9-12-35(3)21(10-13-36(23,35)44)18-4-7-25(38)45-16-18/h4,7,14,16-17,20-24,26-33,37,39-44H,5-6,8-13,15H2,1-3H3/t17?,20-,21+,22-,23+,24?,26-,27-,28?,29?,30?,31?,32-,33+,34-,35+,36-/m0/s1. The first-order valence-corrected chi connectivity index (χ1v) is 17.9. The molecule has 3 heterocycles. The average molecular weight is 693 g/mol. The van der Waals surface area contributed by atoms with Gasteiger partial charge >= 0.3 is 5.63 Å². The molecule has 49 heavy (non-hydrogen) atoms. The third-order valence-corrected chi connectivity index (χ3v) is 13.6. The first-order chi connectivity index (χ1) is 23.2. The van der Waals surface area contributed by atoms with E-state index in [4.69, 9.17) is 23.4 Å². The molecular weight excluding hydrogens is 640 g/mol. The van der Waals surface area contributed by atoms with Crippen molar-refractivity contribution in [2.45, 2.75) is 151 Å². The third-order valence-electron chi connectivity index (χ3n) is 13.6. The monoisotopic (exact) mass is 692 g/mol. The van der Waals surface area contributed by atoms with E-state index in [0.29, 0.717) is 12.8 Å². The Labute approximate surface area is 285 Å². The zero-order valence-electron chi connectivity index (χ0n) is 28.3. The summed E-state index contributed by atoms with van der Waals surface area (Å²) in [6.07, 6.45) is -4.13. The molecule has 2 saturated heterocycles. The van der Waals surface area contributed by atoms with Crippen molar-refractivity contribution >= 4 is 0 Å². The van der Waals surface area contributed by atoms with E-state index in [1.165, 1.54) is 18.6 Å². The Balaban J connectivity index is 1.06. The molecule has 0 aromatic carbocycles. The second kappa shape index (κ2) is 13.0. The Morgan fingerprint density at radius 1 is 0.837 bits per heavy atom. The van der Waals surface area contributed by atoms with Crippen LogP contribution in [0.4, 0.5) is 0 Å². The first kappa shape index (κ1) is 35.6. The van der Waals surface area contributed by atoms with E-state index in [1.54, 1.807) is 6.26 Å². The number of aliphatic hydroxyl groups excluding tert-OH is 6. The molecule has 0 bridgehead atoms. The topological polar surface area (TPSA) is 209 Å². The minimum absolute atomic E-state index is 0.112. The van der Waals surface area contributed by atoms with Crippen LogP contribution in [0.3, 0.4) is 0 Å². The van der Waals surface area contributed by atoms with E-state index >= 15 is 0 Å². The Morgan fingerprint density at radius 3 is 2.31 bits per heavy atom. The van der Waals surface area contributed by atoms with Crippen molar-refractivity contribution in [3.8, 4) is 0 Å². The average Bonchev–Trinajstić information content (AvgIpc) is 3.36. The van der Waals surface area contributed by atoms with Gasteiger partial charge in [0.15, 0.2) is 12.6 Å². The lowest BCUT2D eigenvalue weighted by molar-refractivity contribution is -0.360. The van der Waals surface area contributed by atoms with Gasteiger partial charge in [0, 0.05) is 11.5 Å². The predicted octanol–water partition coefficient (Wildman–Crippen LogP) is 0.838. The minimum atomic E-state index is -1.65. The van der Waals surface area contributed by atoms with Crippen molar-refractivity contribution in [3.05, 3.63) is 46.0 Å². The van der Waals surface area contributed by atoms with Crippen molar-refractivity contribution in [2.75, 3.05) is 6.61 Å². The van der Waals surface area contributed by atoms with Crippen LogP contribution in [0, 0.1) is 22.7 Å². The molecule has 274 valence electrons. The van der Waals surface area contributed by atoms with Gasteiger partial charge in [-0.05, 0) is 93.1 Å². The molecule has 5 fully saturated rings. The summed E-state index contributed by atoms with van der Waals surface area (Å²) < 4.78 is 28.7. The molecular formula is C36H52O13. The summed E-state index contributed by atoms with van der Waals surface area (Å²) in [5.74, 6) is 0.514. The molecule has 0 spiro atoms. The number of hydrogen-bond donors (Lipinski definition) is 7. The predicted molar refractivity (Wildman–Crippen MR) is 171 cm³/mol. The van der Waals surface area contributed by atoms with Crippen molar-refractivity contribution in [2.24, 2.45) is 22.7 Å². The van der Waals surface area contributed by atoms with Crippen molar-refractivity contribution in [1.82, 2.24) is 0 Å². The molecule has 7 N–H and O–H groups in total. The Kier molecular flexibility index (Phi) is 9.48. The summed E-state index contributed by atoms with van der Waals surface area (Å²) in [5.41, 5.74) is 0.542. The zero-order chi connectivity index (χ0) is 35.0. The molecule has 0 radical (unpaired) electrons. The number of fused-ring (bicyclic) bond motifs is 5. The highest BCUT2D eigenvalue weighted by Crippen LogP contribution is 2.70. The Morgan fingerprint density at radius 2 is 1.59 bits per heavy atom. The largest absolute Gasteiger partial charge is 0.431 e. The van der Waals surface area contributed by atoms with Crippen LogP contribution in [0.5, 0.6) is 0 Å². The molecule has 17 atom stereocenters. The van der Waals surface area contributed by atoms with E-state index < -0.39 is 79.7 Å². The highest BCUT2D eigenvalue weighted by molar-refractivity contribution is 5.31. The van der Waals surface area contributed by atoms with Gasteiger partial charge < -0.3 is 59.1 Å². The van der Waals surface area contributed by atoms with Crippen LogP contribution in [-0.2, 0) is 18.9 Å². The smallest absolute Gasteiger partial charge is 0.335 e. The summed E-state index contributed by atoms with van der Waals surface area (Å²) in [6, 6.07) is 3.31. The van der Waals surface area contributed by atoms with E-state index in [9.17, 15) is 40.5 Å². The molecule has 6 unspecified atom stereocenters. The number of rotatable bonds is 6. The van der Waals surface area contributed by atoms with Crippen LogP contribution in [0.2, 0.25) is 0 Å². The molecule has 13 heteroatoms. The molecule has 1 aromatic rings. The van der Waals surface area contributed by atoms with Gasteiger partial charge in [-0.3, -0.25) is 0 Å². The SMILES string of the molecule is CC1O[C@@H](OC2C(O)[C@H](O[C@@H]3C=C4CC[C@@H]5[C@H](CC[C@]6(C)[C@@H](c7ccc(=O)oc7)CC[C@]56O)[C@@]4(C)CC3)OC(CO)[C@@H]2O)C(O)C(O)[C@H]1O. The molecule has 13 nitrogen and oxygen atoms in total. The van der Waals surface area contributed by atoms with Gasteiger partial charge in [-0.25, -0.2) is 4.79 Å². The van der Waals surface area contributed by atoms with Gasteiger partial charge in [-0.15, -0.1) is 0 Å². The normalized spacial score (nSPS) is 51.3. The fourth-order valence-electron chi connectivity index (χ4n) is 10.7. The van der Waals surface area contributed by atoms with Crippen LogP contribution in [0.1, 0.15) is 83.6 Å². The lowest BCUT2D eigenvalue weighted by Crippen LogP contribution is -2.64. The summed E-state index contributed by atoms with van der Waals surface area (Å²) in [6.45, 7) is 5.41. The van der Waals surface area contributed by atoms with E-state index in [1.807, 2.05) is 6.07 Å². The van der Waals surface area contributed by atoms with Gasteiger partial charge in [0.1, 0.15) is 42.7 Å². The molecule has 7 rings (SSSR count). The fraction of sp³-hybridized carbons (Fsp3) is 0.806. The van der Waals surface area contributed by atoms with Gasteiger partial charge in [0.05, 0.1) is 30.7 Å². The van der Waals surface area contributed by atoms with Gasteiger partial charge in [0.25, 0.3) is 0 Å². The number of ether oxygens (including phenoxy) is 4. The van der Waals surface area contributed by atoms with Gasteiger partial charge in [0.2, 0.25) is 0 Å². The lowest BCUT2D eigenvalue weighted by Gasteiger charge is -2.62. The highest BCUT2D eigenvalue weighted by Gasteiger charge is 2.67. The summed E-state index contributed by atoms with van der Waals surface area (Å²) in [7, 11) is 0. The molecule has 0 amide bonds. The molecule has 6 aliphatic rings. The van der Waals surface area contributed by atoms with E-state index in [-0.39, 0.29) is 34.2 Å². The number of allylic oxidation sites excluding steroid dienone is 1. The van der Waals surface area contributed by atoms with Gasteiger partial charge in [-0.1, -0.05) is 25.5 Å². The maximum absolute atomic E-state index is 12.5. The molecule has 3 saturated carbocycles. The number of aliphatic hydroxyl groups is 7. The van der Waals surface area contributed by atoms with Crippen LogP contribution in [-0.4, -0.2) is 115 Å². The molecule has 4 aliphatic carbocycles. The maximum atomic E-state index is 12.5. The molecule has 1 aromatic heterocycles. The number of hydrogen-bond acceptors (Lipinski definition) is 13. The van der Waals surface area contributed by atoms with Crippen LogP contribution < -0.4 is 5.63 Å². The second-order valence-electron chi connectivity index (χ2n) is 15.9. The third kappa shape index (κ3) is 5.68. The Hall–Kier alpha value is -1.75. The zero-order valence-corrected chi connectivity index (χ0v) is 28.3. The highest BCUT2D eigenvalue weighted by atomic mass is 16.7. The van der Waals surface area contributed by atoms with Crippen molar-refractivity contribution in [1.29, 1.82) is 0 Å². The molecule has 2 aliphatic heterocycles. The van der Waals surface area contributed by atoms with E-state index in [0.717, 1.165) is 44.1 Å². The summed E-state index contributed by atoms with van der Waals surface area (Å²) in [5, 5.41) is 75.5. The van der Waals surface area contributed by atoms with Crippen LogP contribution in [0.15, 0.2) is 39.3 Å². The van der Waals surface area contributed by atoms with Crippen molar-refractivity contribution in [3.63, 3.8) is 0 Å². The van der Waals surface area contributed by atoms with Crippen LogP contribution in [0.25, 0.3) is 0 Å². The van der Waals surface area contributed by atoms with Crippen LogP contribution >= 0.6 is 0 Å². The van der Waals surface area contributed by atoms with Gasteiger partial charge in [-0.2, -0.15) is 0 Å². The van der Waals surface area contributed by atoms with Crippen molar-refractivity contribution < 1.29 is 59.1 Å². The minimum Gasteiger partial charge on any atom is -0.431 e. The quantitative estimate of drug-likeness (QED) is 0.207. The summed E-state index contributed by atoms with van der Waals surface area (Å²) >= 11 is 0. The Bertz CT molecular complexity index is 1430. The first-order valence-electron chi connectivity index (χ1n) is 17.9.